The minimum atomic E-state index is 0.0446. The number of para-hydroxylation sites is 1. The Hall–Kier alpha value is -2.37. The number of nitrogens with zero attached hydrogens (tertiary/aromatic N) is 2. The molecule has 29 heavy (non-hydrogen) atoms. The summed E-state index contributed by atoms with van der Waals surface area (Å²) < 4.78 is 5.89. The highest BCUT2D eigenvalue weighted by atomic mass is 16.5. The molecule has 2 aromatic rings. The van der Waals surface area contributed by atoms with Crippen LogP contribution in [0.5, 0.6) is 11.5 Å². The van der Waals surface area contributed by atoms with Crippen LogP contribution in [0.4, 0.5) is 0 Å². The molecule has 2 aromatic carbocycles. The number of β-amino-alcohol motifs (C(OH)–C–C–N with tert-alkyl or cyclic N) is 1. The quantitative estimate of drug-likeness (QED) is 0.812. The van der Waals surface area contributed by atoms with Crippen LogP contribution in [-0.4, -0.2) is 53.6 Å². The molecule has 0 aliphatic carbocycles. The van der Waals surface area contributed by atoms with Crippen LogP contribution in [0.15, 0.2) is 54.6 Å². The highest BCUT2D eigenvalue weighted by molar-refractivity contribution is 5.77. The van der Waals surface area contributed by atoms with Crippen molar-refractivity contribution in [3.05, 3.63) is 60.2 Å². The summed E-state index contributed by atoms with van der Waals surface area (Å²) in [4.78, 5) is 16.5. The number of carbonyl (C=O) groups excluding carboxylic acids is 1. The van der Waals surface area contributed by atoms with E-state index in [2.05, 4.69) is 17.0 Å². The largest absolute Gasteiger partial charge is 0.457 e. The van der Waals surface area contributed by atoms with E-state index in [1.165, 1.54) is 12.0 Å². The number of likely N-dealkylation sites (tertiary alicyclic amines) is 2. The Kier molecular flexibility index (Phi) is 6.16. The number of aliphatic hydroxyl groups excluding tert-OH is 1. The Labute approximate surface area is 172 Å². The molecule has 2 heterocycles. The highest BCUT2D eigenvalue weighted by Crippen LogP contribution is 2.39. The summed E-state index contributed by atoms with van der Waals surface area (Å²) in [5.41, 5.74) is 1.46. The summed E-state index contributed by atoms with van der Waals surface area (Å²) in [5.74, 6) is 1.88. The van der Waals surface area contributed by atoms with Crippen molar-refractivity contribution in [2.45, 2.75) is 32.2 Å². The van der Waals surface area contributed by atoms with Crippen molar-refractivity contribution in [3.63, 3.8) is 0 Å². The van der Waals surface area contributed by atoms with Gasteiger partial charge >= 0.3 is 0 Å². The second-order valence-corrected chi connectivity index (χ2v) is 8.41. The summed E-state index contributed by atoms with van der Waals surface area (Å²) in [6.45, 7) is 4.32. The number of hydrogen-bond acceptors (Lipinski definition) is 4. The molecule has 154 valence electrons. The molecule has 2 saturated heterocycles. The van der Waals surface area contributed by atoms with Gasteiger partial charge in [0.1, 0.15) is 11.5 Å². The first kappa shape index (κ1) is 19.9. The zero-order valence-electron chi connectivity index (χ0n) is 16.9. The predicted molar refractivity (Wildman–Crippen MR) is 113 cm³/mol. The molecule has 1 N–H and O–H groups in total. The molecule has 2 aliphatic heterocycles. The fraction of sp³-hybridized carbons (Fsp3) is 0.458. The van der Waals surface area contributed by atoms with E-state index >= 15 is 0 Å². The summed E-state index contributed by atoms with van der Waals surface area (Å²) in [6.07, 6.45) is 3.91. The minimum absolute atomic E-state index is 0.0446. The van der Waals surface area contributed by atoms with E-state index in [1.807, 2.05) is 47.4 Å². The van der Waals surface area contributed by atoms with Crippen LogP contribution < -0.4 is 4.74 Å². The van der Waals surface area contributed by atoms with Gasteiger partial charge in [0, 0.05) is 38.0 Å². The lowest BCUT2D eigenvalue weighted by molar-refractivity contribution is -0.140. The molecule has 1 spiro atoms. The molecule has 2 fully saturated rings. The zero-order chi connectivity index (χ0) is 20.1. The summed E-state index contributed by atoms with van der Waals surface area (Å²) >= 11 is 0. The maximum atomic E-state index is 12.1. The van der Waals surface area contributed by atoms with Gasteiger partial charge in [0.05, 0.1) is 6.61 Å². The number of carbonyl (C=O) groups is 1. The fourth-order valence-electron chi connectivity index (χ4n) is 4.75. The zero-order valence-corrected chi connectivity index (χ0v) is 16.9. The number of rotatable bonds is 6. The summed E-state index contributed by atoms with van der Waals surface area (Å²) in [5, 5.41) is 9.27. The van der Waals surface area contributed by atoms with Crippen LogP contribution >= 0.6 is 0 Å². The molecule has 1 amide bonds. The van der Waals surface area contributed by atoms with E-state index in [0.29, 0.717) is 13.0 Å². The van der Waals surface area contributed by atoms with Gasteiger partial charge in [-0.25, -0.2) is 0 Å². The van der Waals surface area contributed by atoms with Gasteiger partial charge in [-0.1, -0.05) is 30.3 Å². The van der Waals surface area contributed by atoms with Crippen molar-refractivity contribution in [2.24, 2.45) is 5.41 Å². The van der Waals surface area contributed by atoms with Gasteiger partial charge in [-0.3, -0.25) is 9.69 Å². The van der Waals surface area contributed by atoms with E-state index in [0.717, 1.165) is 50.5 Å². The number of benzene rings is 2. The maximum Gasteiger partial charge on any atom is 0.222 e. The first-order valence-corrected chi connectivity index (χ1v) is 10.6. The average Bonchev–Trinajstić information content (AvgIpc) is 2.74. The fourth-order valence-corrected chi connectivity index (χ4v) is 4.75. The van der Waals surface area contributed by atoms with Crippen LogP contribution in [0.1, 0.15) is 31.2 Å². The molecular formula is C24H30N2O3. The Morgan fingerprint density at radius 3 is 2.48 bits per heavy atom. The van der Waals surface area contributed by atoms with Crippen LogP contribution in [-0.2, 0) is 11.3 Å². The van der Waals surface area contributed by atoms with Gasteiger partial charge < -0.3 is 14.7 Å². The van der Waals surface area contributed by atoms with Gasteiger partial charge in [0.2, 0.25) is 5.91 Å². The van der Waals surface area contributed by atoms with Gasteiger partial charge in [-0.15, -0.1) is 0 Å². The smallest absolute Gasteiger partial charge is 0.222 e. The van der Waals surface area contributed by atoms with Gasteiger partial charge in [-0.2, -0.15) is 0 Å². The third kappa shape index (κ3) is 4.98. The number of amides is 1. The van der Waals surface area contributed by atoms with Crippen molar-refractivity contribution in [1.29, 1.82) is 0 Å². The number of hydrogen-bond donors (Lipinski definition) is 1. The van der Waals surface area contributed by atoms with Crippen molar-refractivity contribution in [3.8, 4) is 11.5 Å². The van der Waals surface area contributed by atoms with Gasteiger partial charge in [0.15, 0.2) is 0 Å². The van der Waals surface area contributed by atoms with E-state index in [-0.39, 0.29) is 17.9 Å². The van der Waals surface area contributed by atoms with E-state index < -0.39 is 0 Å². The third-order valence-corrected chi connectivity index (χ3v) is 6.17. The summed E-state index contributed by atoms with van der Waals surface area (Å²) in [6, 6.07) is 18.2. The molecule has 0 saturated carbocycles. The van der Waals surface area contributed by atoms with Crippen LogP contribution in [0.3, 0.4) is 0 Å². The van der Waals surface area contributed by atoms with Crippen LogP contribution in [0, 0.1) is 5.41 Å². The third-order valence-electron chi connectivity index (χ3n) is 6.17. The standard InChI is InChI=1S/C24H30N2O3/c27-16-15-26-19-24(13-11-23(26)28)12-4-14-25(18-24)17-20-7-9-22(10-8-20)29-21-5-2-1-3-6-21/h1-3,5-10,27H,4,11-19H2/t24-/m0/s1. The molecule has 0 bridgehead atoms. The predicted octanol–water partition coefficient (Wildman–Crippen LogP) is 3.68. The van der Waals surface area contributed by atoms with Gasteiger partial charge in [0.25, 0.3) is 0 Å². The topological polar surface area (TPSA) is 53.0 Å². The molecule has 0 aromatic heterocycles. The maximum absolute atomic E-state index is 12.1. The van der Waals surface area contributed by atoms with Crippen molar-refractivity contribution in [2.75, 3.05) is 32.8 Å². The Bertz CT molecular complexity index is 809. The normalized spacial score (nSPS) is 22.8. The first-order valence-electron chi connectivity index (χ1n) is 10.6. The summed E-state index contributed by atoms with van der Waals surface area (Å²) in [7, 11) is 0. The molecule has 5 nitrogen and oxygen atoms in total. The van der Waals surface area contributed by atoms with Crippen molar-refractivity contribution < 1.29 is 14.6 Å². The van der Waals surface area contributed by atoms with E-state index in [4.69, 9.17) is 4.74 Å². The molecule has 0 radical (unpaired) electrons. The Balaban J connectivity index is 1.36. The lowest BCUT2D eigenvalue weighted by Crippen LogP contribution is -2.54. The Morgan fingerprint density at radius 2 is 1.72 bits per heavy atom. The van der Waals surface area contributed by atoms with E-state index in [1.54, 1.807) is 0 Å². The van der Waals surface area contributed by atoms with Crippen molar-refractivity contribution in [1.82, 2.24) is 9.80 Å². The molecule has 0 unspecified atom stereocenters. The van der Waals surface area contributed by atoms with E-state index in [9.17, 15) is 9.90 Å². The molecule has 1 atom stereocenters. The van der Waals surface area contributed by atoms with Crippen LogP contribution in [0.2, 0.25) is 0 Å². The Morgan fingerprint density at radius 1 is 0.966 bits per heavy atom. The molecule has 5 heteroatoms. The first-order chi connectivity index (χ1) is 14.2. The lowest BCUT2D eigenvalue weighted by Gasteiger charge is -2.48. The lowest BCUT2D eigenvalue weighted by atomic mass is 9.73. The van der Waals surface area contributed by atoms with Crippen molar-refractivity contribution >= 4 is 5.91 Å². The monoisotopic (exact) mass is 394 g/mol. The highest BCUT2D eigenvalue weighted by Gasteiger charge is 2.41. The van der Waals surface area contributed by atoms with Gasteiger partial charge in [-0.05, 0) is 55.6 Å². The molecule has 4 rings (SSSR count). The average molecular weight is 395 g/mol. The second-order valence-electron chi connectivity index (χ2n) is 8.41. The number of piperidine rings is 2. The molecular weight excluding hydrogens is 364 g/mol. The minimum Gasteiger partial charge on any atom is -0.457 e. The SMILES string of the molecule is O=C1CC[C@]2(CCCN(Cc3ccc(Oc4ccccc4)cc3)C2)CN1CCO. The molecule has 2 aliphatic rings. The number of aliphatic hydroxyl groups is 1. The number of ether oxygens (including phenoxy) is 1. The van der Waals surface area contributed by atoms with Crippen LogP contribution in [0.25, 0.3) is 0 Å². The second kappa shape index (κ2) is 8.97.